The lowest BCUT2D eigenvalue weighted by Crippen LogP contribution is -2.50. The van der Waals surface area contributed by atoms with Crippen molar-refractivity contribution in [3.8, 4) is 5.75 Å². The van der Waals surface area contributed by atoms with Gasteiger partial charge in [-0.25, -0.2) is 13.4 Å². The second-order valence-corrected chi connectivity index (χ2v) is 13.8. The lowest BCUT2D eigenvalue weighted by atomic mass is 9.99. The quantitative estimate of drug-likeness (QED) is 0.360. The maximum Gasteiger partial charge on any atom is 0.281 e. The van der Waals surface area contributed by atoms with Crippen LogP contribution in [0.1, 0.15) is 35.7 Å². The molecular weight excluding hydrogens is 576 g/mol. The van der Waals surface area contributed by atoms with E-state index in [0.717, 1.165) is 4.31 Å². The summed E-state index contributed by atoms with van der Waals surface area (Å²) in [7, 11) is -5.19. The van der Waals surface area contributed by atoms with Crippen molar-refractivity contribution in [3.05, 3.63) is 47.7 Å². The van der Waals surface area contributed by atoms with Gasteiger partial charge in [-0.15, -0.1) is 0 Å². The first-order chi connectivity index (χ1) is 19.2. The highest BCUT2D eigenvalue weighted by Crippen LogP contribution is 2.36. The van der Waals surface area contributed by atoms with Gasteiger partial charge in [0.15, 0.2) is 16.5 Å². The lowest BCUT2D eigenvalue weighted by molar-refractivity contribution is 0.0389. The number of anilines is 1. The monoisotopic (exact) mass is 610 g/mol. The van der Waals surface area contributed by atoms with Crippen LogP contribution in [-0.2, 0) is 27.1 Å². The minimum absolute atomic E-state index is 0.0200. The molecule has 1 aromatic carbocycles. The molecule has 0 aliphatic carbocycles. The van der Waals surface area contributed by atoms with Gasteiger partial charge in [0.05, 0.1) is 36.8 Å². The Balaban J connectivity index is 1.78. The van der Waals surface area contributed by atoms with E-state index < -0.39 is 44.0 Å². The van der Waals surface area contributed by atoms with Crippen molar-refractivity contribution < 1.29 is 36.0 Å². The molecule has 1 aliphatic heterocycles. The van der Waals surface area contributed by atoms with E-state index in [-0.39, 0.29) is 58.1 Å². The Morgan fingerprint density at radius 1 is 1.24 bits per heavy atom. The number of rotatable bonds is 9. The molecule has 0 saturated heterocycles. The number of carbonyl (C=O) groups is 1. The average molecular weight is 611 g/mol. The average Bonchev–Trinajstić information content (AvgIpc) is 3.50. The standard InChI is InChI=1S/C25H34N6O8S2/c1-15-10-31(16(2)13-32)25(33)19-8-7-9-20(28-40(34,35)22-12-29(5)14-26-22)23(19)38-21(15)11-30(6)41(36,37)24-17(3)27-39-18(24)4/h7-9,12,14-16,21,28,32H,10-11,13H2,1-6H3/t15-,16-,21+/m1/s1. The number of aliphatic hydroxyl groups is 1. The van der Waals surface area contributed by atoms with E-state index in [2.05, 4.69) is 14.9 Å². The largest absolute Gasteiger partial charge is 0.486 e. The second-order valence-electron chi connectivity index (χ2n) is 10.2. The number of fused-ring (bicyclic) bond motifs is 1. The summed E-state index contributed by atoms with van der Waals surface area (Å²) in [6.45, 7) is 6.19. The molecule has 4 rings (SSSR count). The third-order valence-corrected chi connectivity index (χ3v) is 10.3. The first-order valence-corrected chi connectivity index (χ1v) is 15.7. The smallest absolute Gasteiger partial charge is 0.281 e. The third kappa shape index (κ3) is 5.95. The van der Waals surface area contributed by atoms with Gasteiger partial charge >= 0.3 is 0 Å². The van der Waals surface area contributed by atoms with Crippen molar-refractivity contribution in [3.63, 3.8) is 0 Å². The van der Waals surface area contributed by atoms with E-state index in [1.807, 2.05) is 0 Å². The number of aryl methyl sites for hydroxylation is 3. The first-order valence-electron chi connectivity index (χ1n) is 12.8. The maximum atomic E-state index is 13.7. The molecule has 2 aromatic heterocycles. The fourth-order valence-electron chi connectivity index (χ4n) is 4.62. The van der Waals surface area contributed by atoms with Gasteiger partial charge in [-0.3, -0.25) is 9.52 Å². The van der Waals surface area contributed by atoms with Crippen molar-refractivity contribution in [1.29, 1.82) is 0 Å². The number of imidazole rings is 1. The number of likely N-dealkylation sites (N-methyl/N-ethyl adjacent to an activating group) is 1. The number of amides is 1. The van der Waals surface area contributed by atoms with E-state index in [0.29, 0.717) is 0 Å². The van der Waals surface area contributed by atoms with E-state index in [1.54, 1.807) is 20.9 Å². The highest BCUT2D eigenvalue weighted by atomic mass is 32.2. The molecule has 0 unspecified atom stereocenters. The van der Waals surface area contributed by atoms with Crippen LogP contribution in [0.2, 0.25) is 0 Å². The number of ether oxygens (including phenoxy) is 1. The second kappa shape index (κ2) is 11.4. The van der Waals surface area contributed by atoms with E-state index in [4.69, 9.17) is 9.26 Å². The Morgan fingerprint density at radius 3 is 2.54 bits per heavy atom. The van der Waals surface area contributed by atoms with Gasteiger partial charge in [0.2, 0.25) is 10.0 Å². The number of hydrogen-bond donors (Lipinski definition) is 2. The number of benzene rings is 1. The molecule has 41 heavy (non-hydrogen) atoms. The predicted octanol–water partition coefficient (Wildman–Crippen LogP) is 1.37. The van der Waals surface area contributed by atoms with Crippen LogP contribution in [0.15, 0.2) is 45.2 Å². The van der Waals surface area contributed by atoms with Crippen molar-refractivity contribution in [2.75, 3.05) is 31.5 Å². The molecule has 0 radical (unpaired) electrons. The number of sulfonamides is 2. The van der Waals surface area contributed by atoms with Crippen molar-refractivity contribution in [2.24, 2.45) is 13.0 Å². The van der Waals surface area contributed by atoms with Crippen LogP contribution in [0.3, 0.4) is 0 Å². The molecule has 0 fully saturated rings. The van der Waals surface area contributed by atoms with Crippen molar-refractivity contribution in [1.82, 2.24) is 23.9 Å². The van der Waals surface area contributed by atoms with E-state index in [9.17, 15) is 26.7 Å². The maximum absolute atomic E-state index is 13.7. The zero-order valence-electron chi connectivity index (χ0n) is 23.6. The number of carbonyl (C=O) groups excluding carboxylic acids is 1. The molecule has 14 nitrogen and oxygen atoms in total. The Morgan fingerprint density at radius 2 is 1.95 bits per heavy atom. The van der Waals surface area contributed by atoms with Gasteiger partial charge < -0.3 is 23.8 Å². The van der Waals surface area contributed by atoms with Crippen molar-refractivity contribution >= 4 is 31.6 Å². The fourth-order valence-corrected chi connectivity index (χ4v) is 7.13. The highest BCUT2D eigenvalue weighted by Gasteiger charge is 2.37. The molecule has 0 bridgehead atoms. The van der Waals surface area contributed by atoms with Gasteiger partial charge in [0.1, 0.15) is 16.7 Å². The molecule has 2 N–H and O–H groups in total. The molecule has 224 valence electrons. The molecule has 3 heterocycles. The predicted molar refractivity (Wildman–Crippen MR) is 147 cm³/mol. The summed E-state index contributed by atoms with van der Waals surface area (Å²) in [4.78, 5) is 19.0. The molecule has 3 atom stereocenters. The van der Waals surface area contributed by atoms with Gasteiger partial charge in [-0.2, -0.15) is 12.7 Å². The van der Waals surface area contributed by atoms with Gasteiger partial charge in [0.25, 0.3) is 15.9 Å². The Bertz CT molecular complexity index is 1630. The number of aliphatic hydroxyl groups excluding tert-OH is 1. The number of hydrogen-bond acceptors (Lipinski definition) is 10. The number of aromatic nitrogens is 3. The van der Waals surface area contributed by atoms with Crippen LogP contribution in [0.4, 0.5) is 5.69 Å². The van der Waals surface area contributed by atoms with Crippen LogP contribution in [0, 0.1) is 19.8 Å². The summed E-state index contributed by atoms with van der Waals surface area (Å²) in [5.41, 5.74) is 0.249. The third-order valence-electron chi connectivity index (χ3n) is 6.97. The highest BCUT2D eigenvalue weighted by molar-refractivity contribution is 7.92. The summed E-state index contributed by atoms with van der Waals surface area (Å²) in [6.07, 6.45) is 1.83. The summed E-state index contributed by atoms with van der Waals surface area (Å²) in [6, 6.07) is 3.87. The van der Waals surface area contributed by atoms with Crippen LogP contribution >= 0.6 is 0 Å². The molecule has 3 aromatic rings. The van der Waals surface area contributed by atoms with Crippen LogP contribution in [-0.4, -0.2) is 90.7 Å². The molecule has 1 amide bonds. The SMILES string of the molecule is Cc1noc(C)c1S(=O)(=O)N(C)C[C@@H]1Oc2c(NS(=O)(=O)c3cn(C)cn3)cccc2C(=O)N([C@H](C)CO)C[C@H]1C. The molecule has 16 heteroatoms. The minimum Gasteiger partial charge on any atom is -0.486 e. The Labute approximate surface area is 239 Å². The van der Waals surface area contributed by atoms with E-state index >= 15 is 0 Å². The van der Waals surface area contributed by atoms with Crippen molar-refractivity contribution in [2.45, 2.75) is 49.8 Å². The Kier molecular flexibility index (Phi) is 8.50. The minimum atomic E-state index is -4.17. The zero-order valence-corrected chi connectivity index (χ0v) is 25.2. The van der Waals surface area contributed by atoms with Gasteiger partial charge in [-0.1, -0.05) is 18.1 Å². The summed E-state index contributed by atoms with van der Waals surface area (Å²) >= 11 is 0. The van der Waals surface area contributed by atoms with Crippen LogP contribution in [0.5, 0.6) is 5.75 Å². The summed E-state index contributed by atoms with van der Waals surface area (Å²) < 4.78 is 69.7. The summed E-state index contributed by atoms with van der Waals surface area (Å²) in [5, 5.41) is 13.4. The topological polar surface area (TPSA) is 177 Å². The van der Waals surface area contributed by atoms with Gasteiger partial charge in [0, 0.05) is 32.8 Å². The van der Waals surface area contributed by atoms with E-state index in [1.165, 1.54) is 61.1 Å². The molecular formula is C25H34N6O8S2. The number of nitrogens with one attached hydrogen (secondary N) is 1. The van der Waals surface area contributed by atoms with Gasteiger partial charge in [-0.05, 0) is 32.9 Å². The van der Waals surface area contributed by atoms with Crippen LogP contribution < -0.4 is 9.46 Å². The molecule has 0 saturated carbocycles. The lowest BCUT2D eigenvalue weighted by Gasteiger charge is -2.38. The Hall–Kier alpha value is -3.47. The normalized spacial score (nSPS) is 18.9. The molecule has 1 aliphatic rings. The fraction of sp³-hybridized carbons (Fsp3) is 0.480. The number of nitrogens with zero attached hydrogens (tertiary/aromatic N) is 5. The number of para-hydroxylation sites is 1. The molecule has 0 spiro atoms. The first kappa shape index (κ1) is 30.5. The van der Waals surface area contributed by atoms with Crippen LogP contribution in [0.25, 0.3) is 0 Å². The zero-order chi connectivity index (χ0) is 30.3. The summed E-state index contributed by atoms with van der Waals surface area (Å²) in [5.74, 6) is -0.829.